The molecule has 3 aromatic rings. The first-order chi connectivity index (χ1) is 14.4. The number of amides is 1. The fourth-order valence-corrected chi connectivity index (χ4v) is 4.42. The molecular weight excluding hydrogens is 445 g/mol. The summed E-state index contributed by atoms with van der Waals surface area (Å²) in [7, 11) is 0. The highest BCUT2D eigenvalue weighted by molar-refractivity contribution is 6.36. The molecule has 30 heavy (non-hydrogen) atoms. The molecule has 0 spiro atoms. The van der Waals surface area contributed by atoms with Gasteiger partial charge in [0.15, 0.2) is 0 Å². The Morgan fingerprint density at radius 2 is 1.77 bits per heavy atom. The number of hydrogen-bond acceptors (Lipinski definition) is 2. The third-order valence-electron chi connectivity index (χ3n) is 4.99. The van der Waals surface area contributed by atoms with Gasteiger partial charge < -0.3 is 14.7 Å². The lowest BCUT2D eigenvalue weighted by Crippen LogP contribution is -2.37. The molecule has 0 fully saturated rings. The van der Waals surface area contributed by atoms with E-state index >= 15 is 0 Å². The molecule has 1 atom stereocenters. The van der Waals surface area contributed by atoms with E-state index in [9.17, 15) is 9.90 Å². The molecule has 4 rings (SSSR count). The highest BCUT2D eigenvalue weighted by Gasteiger charge is 2.30. The standard InChI is InChI=1S/C23H18Cl3NO3/c24-16-6-7-19(21(26)11-16)20-10-17(25)8-15-9-18(30-22(15)20)13-27(23(28)29)12-14-4-2-1-3-5-14/h1-8,10-11,18H,9,12-13H2,(H,28,29). The Kier molecular flexibility index (Phi) is 6.09. The lowest BCUT2D eigenvalue weighted by atomic mass is 10.0. The molecular formula is C23H18Cl3NO3. The van der Waals surface area contributed by atoms with Crippen molar-refractivity contribution in [3.05, 3.63) is 86.9 Å². The average molecular weight is 463 g/mol. The summed E-state index contributed by atoms with van der Waals surface area (Å²) < 4.78 is 6.20. The van der Waals surface area contributed by atoms with Gasteiger partial charge in [-0.05, 0) is 29.8 Å². The fraction of sp³-hybridized carbons (Fsp3) is 0.174. The van der Waals surface area contributed by atoms with Crippen molar-refractivity contribution in [3.63, 3.8) is 0 Å². The maximum absolute atomic E-state index is 11.8. The second kappa shape index (κ2) is 8.76. The number of ether oxygens (including phenoxy) is 1. The first-order valence-corrected chi connectivity index (χ1v) is 10.5. The van der Waals surface area contributed by atoms with E-state index in [4.69, 9.17) is 39.5 Å². The van der Waals surface area contributed by atoms with Gasteiger partial charge in [0.2, 0.25) is 0 Å². The zero-order valence-corrected chi connectivity index (χ0v) is 18.1. The zero-order chi connectivity index (χ0) is 21.3. The van der Waals surface area contributed by atoms with Gasteiger partial charge in [0.05, 0.1) is 11.6 Å². The van der Waals surface area contributed by atoms with Crippen molar-refractivity contribution in [1.82, 2.24) is 4.90 Å². The minimum atomic E-state index is -0.989. The lowest BCUT2D eigenvalue weighted by molar-refractivity contribution is 0.113. The normalized spacial score (nSPS) is 14.8. The maximum atomic E-state index is 11.8. The molecule has 154 valence electrons. The molecule has 1 heterocycles. The molecule has 0 aromatic heterocycles. The van der Waals surface area contributed by atoms with E-state index in [0.29, 0.717) is 33.8 Å². The SMILES string of the molecule is O=C(O)N(Cc1ccccc1)CC1Cc2cc(Cl)cc(-c3ccc(Cl)cc3Cl)c2O1. The molecule has 1 amide bonds. The molecule has 0 saturated carbocycles. The summed E-state index contributed by atoms with van der Waals surface area (Å²) in [6.45, 7) is 0.535. The molecule has 1 unspecified atom stereocenters. The summed E-state index contributed by atoms with van der Waals surface area (Å²) in [4.78, 5) is 13.2. The molecule has 3 aromatic carbocycles. The van der Waals surface area contributed by atoms with Crippen LogP contribution in [0, 0.1) is 0 Å². The molecule has 0 bridgehead atoms. The average Bonchev–Trinajstić information content (AvgIpc) is 3.10. The van der Waals surface area contributed by atoms with Crippen LogP contribution in [0.25, 0.3) is 11.1 Å². The van der Waals surface area contributed by atoms with Crippen LogP contribution in [-0.4, -0.2) is 28.7 Å². The van der Waals surface area contributed by atoms with Crippen molar-refractivity contribution >= 4 is 40.9 Å². The van der Waals surface area contributed by atoms with Gasteiger partial charge in [-0.2, -0.15) is 0 Å². The van der Waals surface area contributed by atoms with Crippen LogP contribution in [-0.2, 0) is 13.0 Å². The van der Waals surface area contributed by atoms with Crippen molar-refractivity contribution in [1.29, 1.82) is 0 Å². The summed E-state index contributed by atoms with van der Waals surface area (Å²) in [6.07, 6.45) is -0.743. The number of nitrogens with zero attached hydrogens (tertiary/aromatic N) is 1. The Hall–Kier alpha value is -2.40. The third kappa shape index (κ3) is 4.51. The minimum absolute atomic E-state index is 0.240. The van der Waals surface area contributed by atoms with Gasteiger partial charge in [-0.25, -0.2) is 4.79 Å². The Morgan fingerprint density at radius 1 is 1.00 bits per heavy atom. The molecule has 0 aliphatic carbocycles. The number of carbonyl (C=O) groups is 1. The number of benzene rings is 3. The number of hydrogen-bond donors (Lipinski definition) is 1. The Bertz CT molecular complexity index is 1090. The predicted molar refractivity (Wildman–Crippen MR) is 120 cm³/mol. The van der Waals surface area contributed by atoms with Crippen LogP contribution in [0.2, 0.25) is 15.1 Å². The monoisotopic (exact) mass is 461 g/mol. The second-order valence-corrected chi connectivity index (χ2v) is 8.44. The Morgan fingerprint density at radius 3 is 2.47 bits per heavy atom. The zero-order valence-electron chi connectivity index (χ0n) is 15.8. The fourth-order valence-electron chi connectivity index (χ4n) is 3.66. The molecule has 1 aliphatic heterocycles. The summed E-state index contributed by atoms with van der Waals surface area (Å²) in [5.74, 6) is 0.679. The van der Waals surface area contributed by atoms with E-state index in [-0.39, 0.29) is 12.6 Å². The molecule has 1 N–H and O–H groups in total. The van der Waals surface area contributed by atoms with Crippen LogP contribution in [0.4, 0.5) is 4.79 Å². The molecule has 0 radical (unpaired) electrons. The summed E-state index contributed by atoms with van der Waals surface area (Å²) >= 11 is 18.8. The van der Waals surface area contributed by atoms with Crippen LogP contribution < -0.4 is 4.74 Å². The third-order valence-corrected chi connectivity index (χ3v) is 5.76. The quantitative estimate of drug-likeness (QED) is 0.454. The van der Waals surface area contributed by atoms with Crippen LogP contribution in [0.1, 0.15) is 11.1 Å². The summed E-state index contributed by atoms with van der Waals surface area (Å²) in [6, 6.07) is 18.4. The van der Waals surface area contributed by atoms with Gasteiger partial charge in [0.25, 0.3) is 0 Å². The molecule has 0 saturated heterocycles. The first-order valence-electron chi connectivity index (χ1n) is 9.37. The molecule has 1 aliphatic rings. The van der Waals surface area contributed by atoms with E-state index in [1.54, 1.807) is 18.2 Å². The highest BCUT2D eigenvalue weighted by atomic mass is 35.5. The largest absolute Gasteiger partial charge is 0.487 e. The van der Waals surface area contributed by atoms with E-state index in [1.807, 2.05) is 42.5 Å². The van der Waals surface area contributed by atoms with Crippen molar-refractivity contribution < 1.29 is 14.6 Å². The van der Waals surface area contributed by atoms with Crippen molar-refractivity contribution in [2.45, 2.75) is 19.1 Å². The van der Waals surface area contributed by atoms with Gasteiger partial charge >= 0.3 is 6.09 Å². The van der Waals surface area contributed by atoms with Crippen LogP contribution in [0.15, 0.2) is 60.7 Å². The maximum Gasteiger partial charge on any atom is 0.407 e. The van der Waals surface area contributed by atoms with Gasteiger partial charge in [0, 0.05) is 39.7 Å². The van der Waals surface area contributed by atoms with Crippen molar-refractivity contribution in [2.24, 2.45) is 0 Å². The van der Waals surface area contributed by atoms with Gasteiger partial charge in [-0.15, -0.1) is 0 Å². The Labute approximate surface area is 189 Å². The summed E-state index contributed by atoms with van der Waals surface area (Å²) in [5.41, 5.74) is 3.39. The first kappa shape index (κ1) is 20.9. The second-order valence-electron chi connectivity index (χ2n) is 7.16. The van der Waals surface area contributed by atoms with Gasteiger partial charge in [0.1, 0.15) is 11.9 Å². The van der Waals surface area contributed by atoms with Crippen molar-refractivity contribution in [3.8, 4) is 16.9 Å². The topological polar surface area (TPSA) is 49.8 Å². The van der Waals surface area contributed by atoms with Crippen molar-refractivity contribution in [2.75, 3.05) is 6.54 Å². The van der Waals surface area contributed by atoms with E-state index in [1.165, 1.54) is 4.90 Å². The Balaban J connectivity index is 1.59. The summed E-state index contributed by atoms with van der Waals surface area (Å²) in [5, 5.41) is 11.3. The smallest absolute Gasteiger partial charge is 0.407 e. The highest BCUT2D eigenvalue weighted by Crippen LogP contribution is 2.43. The van der Waals surface area contributed by atoms with Gasteiger partial charge in [-0.3, -0.25) is 0 Å². The number of halogens is 3. The minimum Gasteiger partial charge on any atom is -0.487 e. The van der Waals surface area contributed by atoms with Gasteiger partial charge in [-0.1, -0.05) is 71.2 Å². The predicted octanol–water partition coefficient (Wildman–Crippen LogP) is 6.80. The van der Waals surface area contributed by atoms with E-state index in [2.05, 4.69) is 0 Å². The molecule has 7 heteroatoms. The molecule has 4 nitrogen and oxygen atoms in total. The lowest BCUT2D eigenvalue weighted by Gasteiger charge is -2.23. The van der Waals surface area contributed by atoms with Crippen LogP contribution >= 0.6 is 34.8 Å². The number of rotatable bonds is 5. The van der Waals surface area contributed by atoms with E-state index in [0.717, 1.165) is 22.3 Å². The number of fused-ring (bicyclic) bond motifs is 1. The van der Waals surface area contributed by atoms with Crippen LogP contribution in [0.3, 0.4) is 0 Å². The number of carboxylic acid groups (broad SMARTS) is 1. The van der Waals surface area contributed by atoms with Crippen LogP contribution in [0.5, 0.6) is 5.75 Å². The van der Waals surface area contributed by atoms with E-state index < -0.39 is 6.09 Å².